The van der Waals surface area contributed by atoms with Gasteiger partial charge < -0.3 is 5.11 Å². The first-order valence-corrected chi connectivity index (χ1v) is 2.96. The van der Waals surface area contributed by atoms with Crippen LogP contribution in [0.15, 0.2) is 0 Å². The van der Waals surface area contributed by atoms with E-state index < -0.39 is 0 Å². The second kappa shape index (κ2) is 3.49. The van der Waals surface area contributed by atoms with Gasteiger partial charge >= 0.3 is 0 Å². The minimum atomic E-state index is -0.289. The minimum absolute atomic E-state index is 0.130. The highest BCUT2D eigenvalue weighted by Gasteiger charge is 2.10. The van der Waals surface area contributed by atoms with Crippen molar-refractivity contribution >= 4 is 0 Å². The molecule has 0 aliphatic rings. The lowest BCUT2D eigenvalue weighted by Crippen LogP contribution is -2.39. The van der Waals surface area contributed by atoms with Crippen molar-refractivity contribution in [3.05, 3.63) is 0 Å². The van der Waals surface area contributed by atoms with Crippen LogP contribution in [0.3, 0.4) is 0 Å². The number of β-amino-alcohol motifs (C(OH)–C–C–N with tert-alkyl or cyclic N) is 1. The van der Waals surface area contributed by atoms with Crippen LogP contribution in [0.4, 0.5) is 0 Å². The van der Waals surface area contributed by atoms with Gasteiger partial charge in [0.1, 0.15) is 0 Å². The van der Waals surface area contributed by atoms with E-state index >= 15 is 0 Å². The Morgan fingerprint density at radius 3 is 2.56 bits per heavy atom. The van der Waals surface area contributed by atoms with Crippen molar-refractivity contribution in [1.82, 2.24) is 5.32 Å². The summed E-state index contributed by atoms with van der Waals surface area (Å²) in [6.45, 7) is 4.47. The molecular formula is C7H13NO. The van der Waals surface area contributed by atoms with E-state index in [9.17, 15) is 0 Å². The van der Waals surface area contributed by atoms with Gasteiger partial charge in [-0.05, 0) is 13.8 Å². The molecule has 2 N–H and O–H groups in total. The fourth-order valence-electron chi connectivity index (χ4n) is 0.419. The van der Waals surface area contributed by atoms with Crippen molar-refractivity contribution < 1.29 is 5.11 Å². The summed E-state index contributed by atoms with van der Waals surface area (Å²) in [5.74, 6) is 2.55. The van der Waals surface area contributed by atoms with Crippen LogP contribution >= 0.6 is 0 Å². The summed E-state index contributed by atoms with van der Waals surface area (Å²) in [5, 5.41) is 11.4. The number of terminal acetylenes is 1. The highest BCUT2D eigenvalue weighted by atomic mass is 16.3. The van der Waals surface area contributed by atoms with Crippen LogP contribution in [0.2, 0.25) is 0 Å². The van der Waals surface area contributed by atoms with Crippen LogP contribution in [-0.2, 0) is 0 Å². The first-order chi connectivity index (χ1) is 4.12. The molecule has 2 nitrogen and oxygen atoms in total. The Morgan fingerprint density at radius 1 is 1.67 bits per heavy atom. The van der Waals surface area contributed by atoms with E-state index in [1.54, 1.807) is 0 Å². The molecule has 0 saturated heterocycles. The molecule has 52 valence electrons. The van der Waals surface area contributed by atoms with Crippen LogP contribution in [0.5, 0.6) is 0 Å². The summed E-state index contributed by atoms with van der Waals surface area (Å²) in [6.07, 6.45) is 5.15. The summed E-state index contributed by atoms with van der Waals surface area (Å²) in [7, 11) is 0. The van der Waals surface area contributed by atoms with Gasteiger partial charge in [-0.3, -0.25) is 5.32 Å². The molecule has 0 aromatic carbocycles. The van der Waals surface area contributed by atoms with Gasteiger partial charge in [-0.2, -0.15) is 0 Å². The quantitative estimate of drug-likeness (QED) is 0.522. The smallest absolute Gasteiger partial charge is 0.0742 e. The zero-order chi connectivity index (χ0) is 7.33. The third-order valence-electron chi connectivity index (χ3n) is 1.04. The third kappa shape index (κ3) is 4.01. The molecule has 0 bridgehead atoms. The van der Waals surface area contributed by atoms with Gasteiger partial charge in [0.05, 0.1) is 12.1 Å². The molecule has 0 aromatic rings. The van der Waals surface area contributed by atoms with Crippen molar-refractivity contribution in [3.8, 4) is 12.3 Å². The number of nitrogens with one attached hydrogen (secondary N) is 1. The Hall–Kier alpha value is -0.520. The molecule has 9 heavy (non-hydrogen) atoms. The normalized spacial score (nSPS) is 10.9. The van der Waals surface area contributed by atoms with Crippen LogP contribution in [0.1, 0.15) is 13.8 Å². The maximum absolute atomic E-state index is 8.39. The van der Waals surface area contributed by atoms with Crippen molar-refractivity contribution in [1.29, 1.82) is 0 Å². The molecule has 0 fully saturated rings. The van der Waals surface area contributed by atoms with E-state index in [0.29, 0.717) is 6.54 Å². The average Bonchev–Trinajstić information content (AvgIpc) is 1.84. The highest BCUT2D eigenvalue weighted by Crippen LogP contribution is 1.96. The van der Waals surface area contributed by atoms with E-state index in [-0.39, 0.29) is 12.1 Å². The molecule has 2 heteroatoms. The molecule has 0 aliphatic heterocycles. The largest absolute Gasteiger partial charge is 0.395 e. The predicted molar refractivity (Wildman–Crippen MR) is 38.0 cm³/mol. The summed E-state index contributed by atoms with van der Waals surface area (Å²) >= 11 is 0. The van der Waals surface area contributed by atoms with Crippen molar-refractivity contribution in [2.45, 2.75) is 19.4 Å². The van der Waals surface area contributed by atoms with Crippen LogP contribution in [-0.4, -0.2) is 23.8 Å². The lowest BCUT2D eigenvalue weighted by Gasteiger charge is -2.18. The van der Waals surface area contributed by atoms with E-state index in [0.717, 1.165) is 0 Å². The SMILES string of the molecule is C#CC(C)(C)NCCO. The van der Waals surface area contributed by atoms with Crippen molar-refractivity contribution in [2.24, 2.45) is 0 Å². The van der Waals surface area contributed by atoms with E-state index in [1.807, 2.05) is 13.8 Å². The molecule has 0 atom stereocenters. The fourth-order valence-corrected chi connectivity index (χ4v) is 0.419. The van der Waals surface area contributed by atoms with E-state index in [2.05, 4.69) is 11.2 Å². The molecule has 0 amide bonds. The fraction of sp³-hybridized carbons (Fsp3) is 0.714. The zero-order valence-electron chi connectivity index (χ0n) is 5.94. The van der Waals surface area contributed by atoms with Gasteiger partial charge in [-0.25, -0.2) is 0 Å². The van der Waals surface area contributed by atoms with Gasteiger partial charge in [0.15, 0.2) is 0 Å². The monoisotopic (exact) mass is 127 g/mol. The van der Waals surface area contributed by atoms with Gasteiger partial charge in [-0.1, -0.05) is 5.92 Å². The summed E-state index contributed by atoms with van der Waals surface area (Å²) in [5.41, 5.74) is -0.289. The molecule has 0 aromatic heterocycles. The molecule has 0 heterocycles. The number of hydrogen-bond donors (Lipinski definition) is 2. The Balaban J connectivity index is 3.49. The van der Waals surface area contributed by atoms with E-state index in [1.165, 1.54) is 0 Å². The second-order valence-corrected chi connectivity index (χ2v) is 2.42. The molecule has 0 spiro atoms. The van der Waals surface area contributed by atoms with Crippen molar-refractivity contribution in [2.75, 3.05) is 13.2 Å². The molecular weight excluding hydrogens is 114 g/mol. The molecule has 0 aliphatic carbocycles. The van der Waals surface area contributed by atoms with Crippen LogP contribution in [0.25, 0.3) is 0 Å². The first-order valence-electron chi connectivity index (χ1n) is 2.96. The van der Waals surface area contributed by atoms with Gasteiger partial charge in [-0.15, -0.1) is 6.42 Å². The zero-order valence-corrected chi connectivity index (χ0v) is 5.94. The lowest BCUT2D eigenvalue weighted by atomic mass is 10.1. The molecule has 0 unspecified atom stereocenters. The molecule has 0 saturated carbocycles. The first kappa shape index (κ1) is 8.48. The Morgan fingerprint density at radius 2 is 2.22 bits per heavy atom. The summed E-state index contributed by atoms with van der Waals surface area (Å²) in [4.78, 5) is 0. The van der Waals surface area contributed by atoms with E-state index in [4.69, 9.17) is 11.5 Å². The maximum Gasteiger partial charge on any atom is 0.0742 e. The summed E-state index contributed by atoms with van der Waals surface area (Å²) in [6, 6.07) is 0. The third-order valence-corrected chi connectivity index (χ3v) is 1.04. The Bertz CT molecular complexity index is 113. The van der Waals surface area contributed by atoms with Crippen LogP contribution in [0, 0.1) is 12.3 Å². The van der Waals surface area contributed by atoms with Gasteiger partial charge in [0.25, 0.3) is 0 Å². The van der Waals surface area contributed by atoms with Gasteiger partial charge in [0, 0.05) is 6.54 Å². The van der Waals surface area contributed by atoms with Crippen LogP contribution < -0.4 is 5.32 Å². The Kier molecular flexibility index (Phi) is 3.29. The van der Waals surface area contributed by atoms with Crippen molar-refractivity contribution in [3.63, 3.8) is 0 Å². The topological polar surface area (TPSA) is 32.3 Å². The number of aliphatic hydroxyl groups excluding tert-OH is 1. The van der Waals surface area contributed by atoms with Gasteiger partial charge in [0.2, 0.25) is 0 Å². The second-order valence-electron chi connectivity index (χ2n) is 2.42. The number of aliphatic hydroxyl groups is 1. The Labute approximate surface area is 56.3 Å². The molecule has 0 rings (SSSR count). The maximum atomic E-state index is 8.39. The number of hydrogen-bond acceptors (Lipinski definition) is 2. The number of rotatable bonds is 3. The predicted octanol–water partition coefficient (Wildman–Crippen LogP) is -0.0199. The standard InChI is InChI=1S/C7H13NO/c1-4-7(2,3)8-5-6-9/h1,8-9H,5-6H2,2-3H3. The average molecular weight is 127 g/mol. The molecule has 0 radical (unpaired) electrons. The lowest BCUT2D eigenvalue weighted by molar-refractivity contribution is 0.280. The highest BCUT2D eigenvalue weighted by molar-refractivity contribution is 5.07. The summed E-state index contributed by atoms with van der Waals surface area (Å²) < 4.78 is 0. The minimum Gasteiger partial charge on any atom is -0.395 e.